The Balaban J connectivity index is 0.00000225. The van der Waals surface area contributed by atoms with E-state index in [0.29, 0.717) is 5.69 Å². The second kappa shape index (κ2) is 7.21. The summed E-state index contributed by atoms with van der Waals surface area (Å²) in [4.78, 5) is 28.1. The molecule has 0 saturated carbocycles. The van der Waals surface area contributed by atoms with Crippen molar-refractivity contribution in [3.8, 4) is 0 Å². The van der Waals surface area contributed by atoms with Gasteiger partial charge in [0.25, 0.3) is 0 Å². The van der Waals surface area contributed by atoms with Crippen LogP contribution in [0.25, 0.3) is 0 Å². The fourth-order valence-corrected chi connectivity index (χ4v) is 1.04. The van der Waals surface area contributed by atoms with Crippen molar-refractivity contribution in [1.82, 2.24) is 15.3 Å². The Morgan fingerprint density at radius 3 is 2.81 bits per heavy atom. The normalized spacial score (nSPS) is 11.0. The van der Waals surface area contributed by atoms with Gasteiger partial charge in [0.05, 0.1) is 18.3 Å². The predicted molar refractivity (Wildman–Crippen MR) is 49.4 cm³/mol. The first kappa shape index (κ1) is 14.9. The zero-order chi connectivity index (χ0) is 11.3. The Morgan fingerprint density at radius 2 is 2.38 bits per heavy atom. The minimum absolute atomic E-state index is 0. The van der Waals surface area contributed by atoms with Gasteiger partial charge in [0, 0.05) is 18.3 Å². The number of aliphatic carboxylic acids is 1. The monoisotopic (exact) mass is 231 g/mol. The first-order valence-corrected chi connectivity index (χ1v) is 4.24. The quantitative estimate of drug-likeness (QED) is 0.393. The number of hydrogen-bond acceptors (Lipinski definition) is 4. The van der Waals surface area contributed by atoms with Gasteiger partial charge in [-0.15, -0.1) is 0 Å². The number of aromatic amines is 1. The molecule has 16 heavy (non-hydrogen) atoms. The molecular weight excluding hydrogens is 221 g/mol. The van der Waals surface area contributed by atoms with E-state index in [1.807, 2.05) is 0 Å². The fraction of sp³-hybridized carbons (Fsp3) is 0.222. The number of H-pyrrole nitrogens is 1. The molecule has 0 spiro atoms. The van der Waals surface area contributed by atoms with Crippen molar-refractivity contribution >= 4 is 11.9 Å². The molecule has 0 fully saturated rings. The minimum Gasteiger partial charge on any atom is -0.548 e. The van der Waals surface area contributed by atoms with Crippen molar-refractivity contribution in [3.63, 3.8) is 0 Å². The molecule has 1 heterocycles. The maximum absolute atomic E-state index is 10.9. The van der Waals surface area contributed by atoms with Crippen LogP contribution >= 0.6 is 0 Å². The van der Waals surface area contributed by atoms with Gasteiger partial charge in [-0.3, -0.25) is 4.79 Å². The average molecular weight is 231 g/mol. The van der Waals surface area contributed by atoms with Crippen LogP contribution in [-0.4, -0.2) is 27.9 Å². The summed E-state index contributed by atoms with van der Waals surface area (Å²) in [5.41, 5.74) is 0.605. The van der Waals surface area contributed by atoms with E-state index in [1.54, 1.807) is 0 Å². The van der Waals surface area contributed by atoms with E-state index in [9.17, 15) is 14.7 Å². The molecule has 1 aromatic rings. The average Bonchev–Trinajstić information content (AvgIpc) is 2.69. The Morgan fingerprint density at radius 1 is 1.69 bits per heavy atom. The molecule has 0 aromatic carbocycles. The maximum Gasteiger partial charge on any atom is 1.00 e. The molecule has 1 atom stereocenters. The summed E-state index contributed by atoms with van der Waals surface area (Å²) >= 11 is 0. The van der Waals surface area contributed by atoms with Gasteiger partial charge in [0.1, 0.15) is 0 Å². The minimum atomic E-state index is -1.35. The van der Waals surface area contributed by atoms with Crippen molar-refractivity contribution in [3.05, 3.63) is 30.9 Å². The van der Waals surface area contributed by atoms with E-state index in [1.165, 1.54) is 12.5 Å². The molecule has 0 unspecified atom stereocenters. The third-order valence-corrected chi connectivity index (χ3v) is 1.77. The number of hydrogen-bond donors (Lipinski definition) is 2. The summed E-state index contributed by atoms with van der Waals surface area (Å²) in [5, 5.41) is 12.9. The van der Waals surface area contributed by atoms with E-state index >= 15 is 0 Å². The van der Waals surface area contributed by atoms with Gasteiger partial charge in [0.15, 0.2) is 0 Å². The van der Waals surface area contributed by atoms with Crippen molar-refractivity contribution in [1.29, 1.82) is 0 Å². The van der Waals surface area contributed by atoms with Gasteiger partial charge in [-0.2, -0.15) is 0 Å². The van der Waals surface area contributed by atoms with Crippen molar-refractivity contribution in [2.24, 2.45) is 0 Å². The molecule has 0 radical (unpaired) electrons. The molecule has 80 valence electrons. The third-order valence-electron chi connectivity index (χ3n) is 1.77. The molecule has 1 aromatic heterocycles. The molecule has 7 heteroatoms. The molecule has 2 N–H and O–H groups in total. The number of amides is 1. The van der Waals surface area contributed by atoms with Crippen LogP contribution in [0.4, 0.5) is 0 Å². The molecule has 6 nitrogen and oxygen atoms in total. The van der Waals surface area contributed by atoms with E-state index in [0.717, 1.165) is 6.08 Å². The zero-order valence-corrected chi connectivity index (χ0v) is 10.9. The van der Waals surface area contributed by atoms with Crippen LogP contribution in [0.5, 0.6) is 0 Å². The molecular formula is C9H10N3NaO3. The summed E-state index contributed by atoms with van der Waals surface area (Å²) in [6, 6.07) is -1.09. The zero-order valence-electron chi connectivity index (χ0n) is 8.90. The first-order valence-electron chi connectivity index (χ1n) is 4.24. The largest absolute Gasteiger partial charge is 1.00 e. The first-order chi connectivity index (χ1) is 7.13. The molecule has 0 saturated heterocycles. The fourth-order valence-electron chi connectivity index (χ4n) is 1.04. The number of rotatable bonds is 5. The van der Waals surface area contributed by atoms with Crippen LogP contribution in [-0.2, 0) is 16.0 Å². The number of carbonyl (C=O) groups is 2. The predicted octanol–water partition coefficient (Wildman–Crippen LogP) is -4.62. The molecule has 0 aliphatic heterocycles. The van der Waals surface area contributed by atoms with Crippen LogP contribution in [0.15, 0.2) is 25.2 Å². The molecule has 0 bridgehead atoms. The second-order valence-corrected chi connectivity index (χ2v) is 2.87. The summed E-state index contributed by atoms with van der Waals surface area (Å²) in [6.07, 6.45) is 4.01. The Bertz CT molecular complexity index is 364. The summed E-state index contributed by atoms with van der Waals surface area (Å²) in [6.45, 7) is 3.22. The van der Waals surface area contributed by atoms with Crippen molar-refractivity contribution < 1.29 is 44.3 Å². The number of carboxylic acids is 1. The van der Waals surface area contributed by atoms with Crippen LogP contribution in [0.1, 0.15) is 5.69 Å². The summed E-state index contributed by atoms with van der Waals surface area (Å²) in [5.74, 6) is -1.90. The summed E-state index contributed by atoms with van der Waals surface area (Å²) < 4.78 is 0. The van der Waals surface area contributed by atoms with E-state index < -0.39 is 17.9 Å². The number of nitrogens with zero attached hydrogens (tertiary/aromatic N) is 1. The number of aromatic nitrogens is 2. The Kier molecular flexibility index (Phi) is 6.71. The van der Waals surface area contributed by atoms with Crippen molar-refractivity contribution in [2.45, 2.75) is 12.5 Å². The van der Waals surface area contributed by atoms with Crippen LogP contribution in [0.3, 0.4) is 0 Å². The topological polar surface area (TPSA) is 97.9 Å². The standard InChI is InChI=1S/C9H11N3O3.Na/c1-2-8(13)12-7(9(14)15)3-6-4-10-5-11-6;/h2,4-5,7H,1,3H2,(H,10,11)(H,12,13)(H,14,15);/q;+1/p-1/t7-;/m0./s1. The number of nitrogens with one attached hydrogen (secondary N) is 2. The Hall–Kier alpha value is -1.11. The van der Waals surface area contributed by atoms with Gasteiger partial charge in [0.2, 0.25) is 5.91 Å². The molecule has 1 rings (SSSR count). The van der Waals surface area contributed by atoms with Crippen LogP contribution in [0.2, 0.25) is 0 Å². The van der Waals surface area contributed by atoms with Gasteiger partial charge < -0.3 is 20.2 Å². The molecule has 0 aliphatic rings. The number of imidazole rings is 1. The van der Waals surface area contributed by atoms with Gasteiger partial charge in [-0.05, 0) is 6.08 Å². The maximum atomic E-state index is 10.9. The van der Waals surface area contributed by atoms with E-state index in [2.05, 4.69) is 21.9 Å². The number of carboxylic acid groups (broad SMARTS) is 1. The second-order valence-electron chi connectivity index (χ2n) is 2.87. The van der Waals surface area contributed by atoms with Crippen LogP contribution in [0, 0.1) is 0 Å². The smallest absolute Gasteiger partial charge is 0.548 e. The van der Waals surface area contributed by atoms with Gasteiger partial charge in [-0.1, -0.05) is 6.58 Å². The SMILES string of the molecule is C=CC(=O)N[C@@H](Cc1cnc[nH]1)C(=O)[O-].[Na+]. The Labute approximate surface area is 114 Å². The van der Waals surface area contributed by atoms with E-state index in [4.69, 9.17) is 0 Å². The molecule has 0 aliphatic carbocycles. The summed E-state index contributed by atoms with van der Waals surface area (Å²) in [7, 11) is 0. The number of carbonyl (C=O) groups excluding carboxylic acids is 2. The molecule has 1 amide bonds. The van der Waals surface area contributed by atoms with Gasteiger partial charge >= 0.3 is 29.6 Å². The van der Waals surface area contributed by atoms with Crippen molar-refractivity contribution in [2.75, 3.05) is 0 Å². The van der Waals surface area contributed by atoms with Crippen LogP contribution < -0.4 is 40.0 Å². The third kappa shape index (κ3) is 4.61. The van der Waals surface area contributed by atoms with E-state index in [-0.39, 0.29) is 36.0 Å². The van der Waals surface area contributed by atoms with Gasteiger partial charge in [-0.25, -0.2) is 4.98 Å².